The standard InChI is InChI=1S/C19H24F3N5O.2ClH/c1-11-6-14(8-23)10-26(11)18(28)7-16-12(2)25-27(13(16)3)17-5-4-15(9-24-17)19(20,21)22;;/h4-5,9,11,14H,6-8,10,23H2,1-3H3;2*1H. The first-order chi connectivity index (χ1) is 13.1. The fraction of sp³-hybridized carbons (Fsp3) is 0.526. The van der Waals surface area contributed by atoms with Gasteiger partial charge in [-0.05, 0) is 51.8 Å². The molecule has 0 bridgehead atoms. The molecule has 0 aliphatic carbocycles. The summed E-state index contributed by atoms with van der Waals surface area (Å²) in [5, 5.41) is 4.38. The van der Waals surface area contributed by atoms with E-state index in [0.29, 0.717) is 30.4 Å². The molecule has 0 radical (unpaired) electrons. The van der Waals surface area contributed by atoms with Gasteiger partial charge in [-0.1, -0.05) is 0 Å². The van der Waals surface area contributed by atoms with E-state index in [-0.39, 0.29) is 49.0 Å². The third kappa shape index (κ3) is 5.25. The Labute approximate surface area is 185 Å². The number of halogens is 5. The van der Waals surface area contributed by atoms with Crippen molar-refractivity contribution in [1.82, 2.24) is 19.7 Å². The molecule has 1 saturated heterocycles. The summed E-state index contributed by atoms with van der Waals surface area (Å²) >= 11 is 0. The van der Waals surface area contributed by atoms with Gasteiger partial charge in [0.25, 0.3) is 0 Å². The van der Waals surface area contributed by atoms with Crippen molar-refractivity contribution in [3.05, 3.63) is 40.8 Å². The van der Waals surface area contributed by atoms with E-state index in [1.807, 2.05) is 11.8 Å². The van der Waals surface area contributed by atoms with Crippen LogP contribution in [0.1, 0.15) is 35.9 Å². The largest absolute Gasteiger partial charge is 0.417 e. The zero-order chi connectivity index (χ0) is 20.6. The molecule has 0 saturated carbocycles. The number of carbonyl (C=O) groups excluding carboxylic acids is 1. The van der Waals surface area contributed by atoms with Gasteiger partial charge in [0, 0.05) is 30.0 Å². The van der Waals surface area contributed by atoms with Crippen molar-refractivity contribution in [3.8, 4) is 5.82 Å². The number of alkyl halides is 3. The summed E-state index contributed by atoms with van der Waals surface area (Å²) in [6.07, 6.45) is -2.56. The van der Waals surface area contributed by atoms with E-state index < -0.39 is 11.7 Å². The minimum absolute atomic E-state index is 0. The van der Waals surface area contributed by atoms with Crippen LogP contribution < -0.4 is 5.73 Å². The molecule has 2 aromatic heterocycles. The summed E-state index contributed by atoms with van der Waals surface area (Å²) in [6, 6.07) is 2.40. The van der Waals surface area contributed by atoms with Crippen molar-refractivity contribution in [2.45, 2.75) is 45.8 Å². The lowest BCUT2D eigenvalue weighted by molar-refractivity contribution is -0.137. The zero-order valence-corrected chi connectivity index (χ0v) is 18.6. The Morgan fingerprint density at radius 3 is 2.43 bits per heavy atom. The molecule has 30 heavy (non-hydrogen) atoms. The lowest BCUT2D eigenvalue weighted by Gasteiger charge is -2.21. The van der Waals surface area contributed by atoms with Crippen LogP contribution in [0, 0.1) is 19.8 Å². The first kappa shape index (κ1) is 26.2. The van der Waals surface area contributed by atoms with Crippen LogP contribution in [0.3, 0.4) is 0 Å². The number of nitrogens with zero attached hydrogens (tertiary/aromatic N) is 4. The molecular weight excluding hydrogens is 442 g/mol. The third-order valence-corrected chi connectivity index (χ3v) is 5.38. The number of aromatic nitrogens is 3. The van der Waals surface area contributed by atoms with Crippen LogP contribution >= 0.6 is 24.8 Å². The molecule has 2 atom stereocenters. The molecular formula is C19H26Cl2F3N5O. The van der Waals surface area contributed by atoms with Crippen LogP contribution in [0.5, 0.6) is 0 Å². The number of rotatable bonds is 4. The maximum absolute atomic E-state index is 12.8. The number of amides is 1. The van der Waals surface area contributed by atoms with Gasteiger partial charge in [-0.25, -0.2) is 9.67 Å². The van der Waals surface area contributed by atoms with Crippen molar-refractivity contribution in [2.75, 3.05) is 13.1 Å². The molecule has 11 heteroatoms. The second-order valence-electron chi connectivity index (χ2n) is 7.37. The van der Waals surface area contributed by atoms with Gasteiger partial charge in [-0.2, -0.15) is 18.3 Å². The SMILES string of the molecule is Cc1nn(-c2ccc(C(F)(F)F)cn2)c(C)c1CC(=O)N1CC(CN)CC1C.Cl.Cl. The van der Waals surface area contributed by atoms with Crippen LogP contribution in [0.15, 0.2) is 18.3 Å². The Morgan fingerprint density at radius 1 is 1.27 bits per heavy atom. The number of hydrogen-bond acceptors (Lipinski definition) is 4. The summed E-state index contributed by atoms with van der Waals surface area (Å²) < 4.78 is 39.7. The van der Waals surface area contributed by atoms with Crippen LogP contribution in [0.2, 0.25) is 0 Å². The molecule has 2 N–H and O–H groups in total. The average Bonchev–Trinajstić information content (AvgIpc) is 3.15. The van der Waals surface area contributed by atoms with Gasteiger partial charge in [0.15, 0.2) is 5.82 Å². The summed E-state index contributed by atoms with van der Waals surface area (Å²) in [6.45, 7) is 6.81. The average molecular weight is 468 g/mol. The highest BCUT2D eigenvalue weighted by molar-refractivity contribution is 5.85. The van der Waals surface area contributed by atoms with Crippen LogP contribution in [-0.2, 0) is 17.4 Å². The van der Waals surface area contributed by atoms with E-state index in [1.54, 1.807) is 13.8 Å². The maximum Gasteiger partial charge on any atom is 0.417 e. The van der Waals surface area contributed by atoms with Crippen LogP contribution in [0.4, 0.5) is 13.2 Å². The second kappa shape index (κ2) is 9.98. The molecule has 168 valence electrons. The molecule has 3 rings (SSSR count). The highest BCUT2D eigenvalue weighted by atomic mass is 35.5. The Kier molecular flexibility index (Phi) is 8.71. The van der Waals surface area contributed by atoms with E-state index in [4.69, 9.17) is 5.73 Å². The first-order valence-corrected chi connectivity index (χ1v) is 9.20. The predicted octanol–water partition coefficient (Wildman–Crippen LogP) is 3.48. The highest BCUT2D eigenvalue weighted by Crippen LogP contribution is 2.29. The topological polar surface area (TPSA) is 77.0 Å². The van der Waals surface area contributed by atoms with Gasteiger partial charge in [0.05, 0.1) is 17.7 Å². The van der Waals surface area contributed by atoms with Gasteiger partial charge in [0.2, 0.25) is 5.91 Å². The molecule has 1 fully saturated rings. The number of aryl methyl sites for hydroxylation is 1. The summed E-state index contributed by atoms with van der Waals surface area (Å²) in [5.74, 6) is 0.611. The van der Waals surface area contributed by atoms with Gasteiger partial charge < -0.3 is 10.6 Å². The molecule has 3 heterocycles. The minimum Gasteiger partial charge on any atom is -0.339 e. The Balaban J connectivity index is 0.00000225. The quantitative estimate of drug-likeness (QED) is 0.746. The summed E-state index contributed by atoms with van der Waals surface area (Å²) in [5.41, 5.74) is 7.05. The van der Waals surface area contributed by atoms with E-state index in [0.717, 1.165) is 24.2 Å². The van der Waals surface area contributed by atoms with Gasteiger partial charge in [-0.3, -0.25) is 4.79 Å². The maximum atomic E-state index is 12.8. The number of pyridine rings is 1. The second-order valence-corrected chi connectivity index (χ2v) is 7.37. The van der Waals surface area contributed by atoms with Gasteiger partial charge in [0.1, 0.15) is 0 Å². The zero-order valence-electron chi connectivity index (χ0n) is 16.9. The Bertz CT molecular complexity index is 870. The lowest BCUT2D eigenvalue weighted by Crippen LogP contribution is -2.35. The molecule has 2 aromatic rings. The van der Waals surface area contributed by atoms with Crippen LogP contribution in [0.25, 0.3) is 5.82 Å². The molecule has 1 aliphatic rings. The highest BCUT2D eigenvalue weighted by Gasteiger charge is 2.33. The normalized spacial score (nSPS) is 18.7. The van der Waals surface area contributed by atoms with Crippen molar-refractivity contribution < 1.29 is 18.0 Å². The summed E-state index contributed by atoms with van der Waals surface area (Å²) in [4.78, 5) is 18.5. The van der Waals surface area contributed by atoms with Crippen LogP contribution in [-0.4, -0.2) is 44.7 Å². The number of nitrogens with two attached hydrogens (primary N) is 1. The van der Waals surface area contributed by atoms with E-state index in [2.05, 4.69) is 10.1 Å². The number of hydrogen-bond donors (Lipinski definition) is 1. The summed E-state index contributed by atoms with van der Waals surface area (Å²) in [7, 11) is 0. The first-order valence-electron chi connectivity index (χ1n) is 9.20. The molecule has 6 nitrogen and oxygen atoms in total. The fourth-order valence-corrected chi connectivity index (χ4v) is 3.75. The van der Waals surface area contributed by atoms with E-state index in [1.165, 1.54) is 10.7 Å². The smallest absolute Gasteiger partial charge is 0.339 e. The monoisotopic (exact) mass is 467 g/mol. The van der Waals surface area contributed by atoms with E-state index >= 15 is 0 Å². The van der Waals surface area contributed by atoms with E-state index in [9.17, 15) is 18.0 Å². The van der Waals surface area contributed by atoms with Crippen molar-refractivity contribution in [3.63, 3.8) is 0 Å². The molecule has 0 aromatic carbocycles. The number of carbonyl (C=O) groups is 1. The molecule has 1 aliphatic heterocycles. The molecule has 1 amide bonds. The lowest BCUT2D eigenvalue weighted by atomic mass is 10.1. The third-order valence-electron chi connectivity index (χ3n) is 5.38. The Morgan fingerprint density at radius 2 is 1.93 bits per heavy atom. The Hall–Kier alpha value is -1.84. The predicted molar refractivity (Wildman–Crippen MR) is 112 cm³/mol. The van der Waals surface area contributed by atoms with Gasteiger partial charge in [-0.15, -0.1) is 24.8 Å². The van der Waals surface area contributed by atoms with Crippen molar-refractivity contribution >= 4 is 30.7 Å². The fourth-order valence-electron chi connectivity index (χ4n) is 3.75. The van der Waals surface area contributed by atoms with Gasteiger partial charge >= 0.3 is 6.18 Å². The minimum atomic E-state index is -4.44. The molecule has 0 spiro atoms. The van der Waals surface area contributed by atoms with Crippen molar-refractivity contribution in [2.24, 2.45) is 11.7 Å². The number of likely N-dealkylation sites (tertiary alicyclic amines) is 1. The van der Waals surface area contributed by atoms with Crippen molar-refractivity contribution in [1.29, 1.82) is 0 Å². The molecule has 2 unspecified atom stereocenters.